The first kappa shape index (κ1) is 19.2. The third kappa shape index (κ3) is 4.56. The zero-order chi connectivity index (χ0) is 20.1. The lowest BCUT2D eigenvalue weighted by Gasteiger charge is -2.08. The SMILES string of the molecule is Cc1nn(Cc2ccccc2)c(C)c1CNC(=O)c1ccc(NC(N)=O)cc1. The zero-order valence-electron chi connectivity index (χ0n) is 15.9. The lowest BCUT2D eigenvalue weighted by molar-refractivity contribution is 0.0951. The molecule has 28 heavy (non-hydrogen) atoms. The third-order valence-corrected chi connectivity index (χ3v) is 4.55. The minimum atomic E-state index is -0.643. The van der Waals surface area contributed by atoms with Crippen molar-refractivity contribution >= 4 is 17.6 Å². The van der Waals surface area contributed by atoms with E-state index < -0.39 is 6.03 Å². The lowest BCUT2D eigenvalue weighted by atomic mass is 10.1. The largest absolute Gasteiger partial charge is 0.351 e. The highest BCUT2D eigenvalue weighted by Gasteiger charge is 2.13. The maximum Gasteiger partial charge on any atom is 0.316 e. The van der Waals surface area contributed by atoms with Gasteiger partial charge >= 0.3 is 6.03 Å². The second kappa shape index (κ2) is 8.39. The number of aryl methyl sites for hydroxylation is 1. The number of amides is 3. The van der Waals surface area contributed by atoms with E-state index in [1.54, 1.807) is 24.3 Å². The molecule has 0 aliphatic heterocycles. The van der Waals surface area contributed by atoms with Crippen LogP contribution in [0.2, 0.25) is 0 Å². The van der Waals surface area contributed by atoms with Crippen LogP contribution in [0.4, 0.5) is 10.5 Å². The Kier molecular flexibility index (Phi) is 5.74. The molecule has 1 heterocycles. The van der Waals surface area contributed by atoms with E-state index in [0.29, 0.717) is 24.3 Å². The molecule has 0 atom stereocenters. The molecular formula is C21H23N5O2. The Morgan fingerprint density at radius 3 is 2.36 bits per heavy atom. The number of anilines is 1. The van der Waals surface area contributed by atoms with E-state index in [-0.39, 0.29) is 5.91 Å². The minimum absolute atomic E-state index is 0.194. The van der Waals surface area contributed by atoms with Gasteiger partial charge in [-0.3, -0.25) is 9.48 Å². The topological polar surface area (TPSA) is 102 Å². The van der Waals surface area contributed by atoms with E-state index in [4.69, 9.17) is 5.73 Å². The number of carbonyl (C=O) groups is 2. The van der Waals surface area contributed by atoms with Gasteiger partial charge < -0.3 is 16.4 Å². The van der Waals surface area contributed by atoms with Crippen LogP contribution in [-0.2, 0) is 13.1 Å². The molecule has 3 aromatic rings. The fraction of sp³-hybridized carbons (Fsp3) is 0.190. The number of carbonyl (C=O) groups excluding carboxylic acids is 2. The highest BCUT2D eigenvalue weighted by Crippen LogP contribution is 2.15. The van der Waals surface area contributed by atoms with E-state index >= 15 is 0 Å². The van der Waals surface area contributed by atoms with Crippen molar-refractivity contribution in [2.45, 2.75) is 26.9 Å². The van der Waals surface area contributed by atoms with Crippen molar-refractivity contribution in [1.82, 2.24) is 15.1 Å². The Morgan fingerprint density at radius 1 is 1.04 bits per heavy atom. The minimum Gasteiger partial charge on any atom is -0.351 e. The number of hydrogen-bond acceptors (Lipinski definition) is 3. The molecule has 0 bridgehead atoms. The number of nitrogens with two attached hydrogens (primary N) is 1. The fourth-order valence-corrected chi connectivity index (χ4v) is 3.02. The van der Waals surface area contributed by atoms with E-state index in [2.05, 4.69) is 27.9 Å². The summed E-state index contributed by atoms with van der Waals surface area (Å²) in [5.41, 5.74) is 10.2. The number of urea groups is 1. The van der Waals surface area contributed by atoms with Crippen molar-refractivity contribution < 1.29 is 9.59 Å². The molecule has 0 aliphatic carbocycles. The van der Waals surface area contributed by atoms with Gasteiger partial charge in [0, 0.05) is 29.1 Å². The summed E-state index contributed by atoms with van der Waals surface area (Å²) in [6, 6.07) is 16.0. The van der Waals surface area contributed by atoms with Gasteiger partial charge in [-0.2, -0.15) is 5.10 Å². The van der Waals surface area contributed by atoms with Crippen LogP contribution in [0.15, 0.2) is 54.6 Å². The van der Waals surface area contributed by atoms with Crippen molar-refractivity contribution in [3.63, 3.8) is 0 Å². The van der Waals surface area contributed by atoms with Crippen LogP contribution in [0.25, 0.3) is 0 Å². The number of aromatic nitrogens is 2. The Balaban J connectivity index is 1.65. The normalized spacial score (nSPS) is 10.5. The summed E-state index contributed by atoms with van der Waals surface area (Å²) in [7, 11) is 0. The average molecular weight is 377 g/mol. The predicted octanol–water partition coefficient (Wildman–Crippen LogP) is 2.97. The highest BCUT2D eigenvalue weighted by molar-refractivity contribution is 5.95. The summed E-state index contributed by atoms with van der Waals surface area (Å²) in [5.74, 6) is -0.194. The molecule has 0 spiro atoms. The van der Waals surface area contributed by atoms with Crippen LogP contribution in [0.5, 0.6) is 0 Å². The zero-order valence-corrected chi connectivity index (χ0v) is 15.9. The van der Waals surface area contributed by atoms with Crippen LogP contribution in [0, 0.1) is 13.8 Å². The maximum absolute atomic E-state index is 12.4. The molecule has 0 unspecified atom stereocenters. The first-order chi connectivity index (χ1) is 13.4. The number of hydrogen-bond donors (Lipinski definition) is 3. The number of benzene rings is 2. The van der Waals surface area contributed by atoms with Gasteiger partial charge in [0.05, 0.1) is 12.2 Å². The molecular weight excluding hydrogens is 354 g/mol. The summed E-state index contributed by atoms with van der Waals surface area (Å²) in [5, 5.41) is 10.0. The van der Waals surface area contributed by atoms with Crippen molar-refractivity contribution in [3.8, 4) is 0 Å². The van der Waals surface area contributed by atoms with E-state index in [1.165, 1.54) is 5.56 Å². The van der Waals surface area contributed by atoms with Gasteiger partial charge in [-0.15, -0.1) is 0 Å². The molecule has 7 heteroatoms. The Hall–Kier alpha value is -3.61. The Morgan fingerprint density at radius 2 is 1.71 bits per heavy atom. The van der Waals surface area contributed by atoms with Gasteiger partial charge in [-0.1, -0.05) is 30.3 Å². The number of nitrogens with zero attached hydrogens (tertiary/aromatic N) is 2. The molecule has 0 saturated heterocycles. The smallest absolute Gasteiger partial charge is 0.316 e. The quantitative estimate of drug-likeness (QED) is 0.615. The molecule has 0 aliphatic rings. The van der Waals surface area contributed by atoms with Gasteiger partial charge in [0.2, 0.25) is 0 Å². The van der Waals surface area contributed by atoms with Crippen LogP contribution >= 0.6 is 0 Å². The second-order valence-corrected chi connectivity index (χ2v) is 6.54. The van der Waals surface area contributed by atoms with E-state index in [9.17, 15) is 9.59 Å². The highest BCUT2D eigenvalue weighted by atomic mass is 16.2. The molecule has 0 saturated carbocycles. The average Bonchev–Trinajstić information content (AvgIpc) is 2.94. The van der Waals surface area contributed by atoms with Crippen molar-refractivity contribution in [1.29, 1.82) is 0 Å². The first-order valence-corrected chi connectivity index (χ1v) is 8.95. The molecule has 3 amide bonds. The summed E-state index contributed by atoms with van der Waals surface area (Å²) < 4.78 is 1.95. The Labute approximate surface area is 163 Å². The maximum atomic E-state index is 12.4. The van der Waals surface area contributed by atoms with Crippen LogP contribution < -0.4 is 16.4 Å². The van der Waals surface area contributed by atoms with Crippen LogP contribution in [-0.4, -0.2) is 21.7 Å². The molecule has 144 valence electrons. The van der Waals surface area contributed by atoms with Crippen molar-refractivity contribution in [2.24, 2.45) is 5.73 Å². The van der Waals surface area contributed by atoms with Gasteiger partial charge in [-0.25, -0.2) is 4.79 Å². The molecule has 4 N–H and O–H groups in total. The molecule has 2 aromatic carbocycles. The predicted molar refractivity (Wildman–Crippen MR) is 108 cm³/mol. The first-order valence-electron chi connectivity index (χ1n) is 8.95. The summed E-state index contributed by atoms with van der Waals surface area (Å²) in [4.78, 5) is 23.3. The number of rotatable bonds is 6. The van der Waals surface area contributed by atoms with Crippen molar-refractivity contribution in [3.05, 3.63) is 82.7 Å². The van der Waals surface area contributed by atoms with E-state index in [1.807, 2.05) is 36.7 Å². The molecule has 3 rings (SSSR count). The van der Waals surface area contributed by atoms with E-state index in [0.717, 1.165) is 17.0 Å². The lowest BCUT2D eigenvalue weighted by Crippen LogP contribution is -2.23. The Bertz CT molecular complexity index is 978. The summed E-state index contributed by atoms with van der Waals surface area (Å²) >= 11 is 0. The molecule has 0 radical (unpaired) electrons. The number of primary amides is 1. The standard InChI is InChI=1S/C21H23N5O2/c1-14-19(15(2)26(25-14)13-16-6-4-3-5-7-16)12-23-20(27)17-8-10-18(11-9-17)24-21(22)28/h3-11H,12-13H2,1-2H3,(H,23,27)(H3,22,24,28). The van der Waals surface area contributed by atoms with Gasteiger partial charge in [0.15, 0.2) is 0 Å². The molecule has 0 fully saturated rings. The molecule has 7 nitrogen and oxygen atoms in total. The number of nitrogens with one attached hydrogen (secondary N) is 2. The van der Waals surface area contributed by atoms with Gasteiger partial charge in [-0.05, 0) is 43.7 Å². The van der Waals surface area contributed by atoms with Crippen LogP contribution in [0.1, 0.15) is 32.9 Å². The van der Waals surface area contributed by atoms with Crippen molar-refractivity contribution in [2.75, 3.05) is 5.32 Å². The fourth-order valence-electron chi connectivity index (χ4n) is 3.02. The third-order valence-electron chi connectivity index (χ3n) is 4.55. The summed E-state index contributed by atoms with van der Waals surface area (Å²) in [6.45, 7) is 5.04. The van der Waals surface area contributed by atoms with Gasteiger partial charge in [0.25, 0.3) is 5.91 Å². The molecule has 1 aromatic heterocycles. The summed E-state index contributed by atoms with van der Waals surface area (Å²) in [6.07, 6.45) is 0. The monoisotopic (exact) mass is 377 g/mol. The second-order valence-electron chi connectivity index (χ2n) is 6.54. The van der Waals surface area contributed by atoms with Crippen LogP contribution in [0.3, 0.4) is 0 Å². The van der Waals surface area contributed by atoms with Gasteiger partial charge in [0.1, 0.15) is 0 Å².